The molecule has 2 N–H and O–H groups in total. The summed E-state index contributed by atoms with van der Waals surface area (Å²) in [6, 6.07) is 8.92. The molecule has 2 heterocycles. The van der Waals surface area contributed by atoms with Crippen LogP contribution >= 0.6 is 0 Å². The fourth-order valence-electron chi connectivity index (χ4n) is 2.23. The Balaban J connectivity index is 1.56. The van der Waals surface area contributed by atoms with Crippen LogP contribution in [0.5, 0.6) is 5.75 Å². The molecular weight excluding hydrogens is 274 g/mol. The zero-order valence-electron chi connectivity index (χ0n) is 11.0. The monoisotopic (exact) mass is 287 g/mol. The van der Waals surface area contributed by atoms with E-state index >= 15 is 0 Å². The molecule has 0 saturated carbocycles. The summed E-state index contributed by atoms with van der Waals surface area (Å²) in [5.74, 6) is -0.778. The molecular formula is C15H13NO5. The van der Waals surface area contributed by atoms with E-state index in [1.807, 2.05) is 24.3 Å². The van der Waals surface area contributed by atoms with Gasteiger partial charge in [0.2, 0.25) is 0 Å². The number of ether oxygens (including phenoxy) is 1. The smallest absolute Gasteiger partial charge is 0.338 e. The van der Waals surface area contributed by atoms with Crippen molar-refractivity contribution in [2.45, 2.75) is 12.5 Å². The molecule has 1 aromatic heterocycles. The highest BCUT2D eigenvalue weighted by Crippen LogP contribution is 2.27. The molecule has 0 saturated heterocycles. The summed E-state index contributed by atoms with van der Waals surface area (Å²) in [7, 11) is 0. The van der Waals surface area contributed by atoms with Gasteiger partial charge in [-0.15, -0.1) is 0 Å². The summed E-state index contributed by atoms with van der Waals surface area (Å²) in [5.41, 5.74) is 1.06. The van der Waals surface area contributed by atoms with Crippen LogP contribution in [0.15, 0.2) is 41.0 Å². The van der Waals surface area contributed by atoms with Crippen LogP contribution in [0.4, 0.5) is 0 Å². The van der Waals surface area contributed by atoms with Crippen molar-refractivity contribution < 1.29 is 23.8 Å². The van der Waals surface area contributed by atoms with Crippen molar-refractivity contribution in [1.29, 1.82) is 0 Å². The number of carboxylic acids is 1. The quantitative estimate of drug-likeness (QED) is 0.893. The van der Waals surface area contributed by atoms with Gasteiger partial charge in [0, 0.05) is 12.5 Å². The molecule has 0 aliphatic carbocycles. The van der Waals surface area contributed by atoms with Crippen LogP contribution in [-0.2, 0) is 6.42 Å². The van der Waals surface area contributed by atoms with Crippen molar-refractivity contribution in [2.75, 3.05) is 6.54 Å². The summed E-state index contributed by atoms with van der Waals surface area (Å²) >= 11 is 0. The Morgan fingerprint density at radius 1 is 1.33 bits per heavy atom. The van der Waals surface area contributed by atoms with Gasteiger partial charge in [-0.05, 0) is 11.6 Å². The fraction of sp³-hybridized carbons (Fsp3) is 0.200. The molecule has 0 spiro atoms. The van der Waals surface area contributed by atoms with Crippen molar-refractivity contribution in [1.82, 2.24) is 5.32 Å². The molecule has 0 bridgehead atoms. The van der Waals surface area contributed by atoms with Gasteiger partial charge in [-0.3, -0.25) is 4.79 Å². The molecule has 1 aliphatic heterocycles. The van der Waals surface area contributed by atoms with Crippen LogP contribution in [0.2, 0.25) is 0 Å². The third-order valence-corrected chi connectivity index (χ3v) is 3.27. The van der Waals surface area contributed by atoms with E-state index in [1.165, 1.54) is 6.07 Å². The number of aromatic carboxylic acids is 1. The van der Waals surface area contributed by atoms with Crippen LogP contribution in [0.25, 0.3) is 0 Å². The maximum Gasteiger partial charge on any atom is 0.338 e. The van der Waals surface area contributed by atoms with Crippen molar-refractivity contribution in [3.05, 3.63) is 53.5 Å². The zero-order valence-corrected chi connectivity index (χ0v) is 11.0. The topological polar surface area (TPSA) is 88.8 Å². The number of carbonyl (C=O) groups is 2. The van der Waals surface area contributed by atoms with Gasteiger partial charge in [0.25, 0.3) is 5.91 Å². The number of rotatable bonds is 4. The second-order valence-electron chi connectivity index (χ2n) is 4.77. The highest BCUT2D eigenvalue weighted by molar-refractivity contribution is 5.95. The van der Waals surface area contributed by atoms with Gasteiger partial charge in [0.05, 0.1) is 12.1 Å². The highest BCUT2D eigenvalue weighted by atomic mass is 16.5. The third kappa shape index (κ3) is 2.74. The molecule has 2 aromatic rings. The molecule has 3 rings (SSSR count). The minimum atomic E-state index is -1.13. The van der Waals surface area contributed by atoms with Gasteiger partial charge in [0.15, 0.2) is 5.76 Å². The second-order valence-corrected chi connectivity index (χ2v) is 4.77. The van der Waals surface area contributed by atoms with E-state index in [1.54, 1.807) is 0 Å². The second kappa shape index (κ2) is 5.32. The average molecular weight is 287 g/mol. The maximum absolute atomic E-state index is 11.9. The number of carboxylic acid groups (broad SMARTS) is 1. The van der Waals surface area contributed by atoms with Gasteiger partial charge in [-0.1, -0.05) is 18.2 Å². The Kier molecular flexibility index (Phi) is 3.35. The molecule has 21 heavy (non-hydrogen) atoms. The molecule has 0 radical (unpaired) electrons. The van der Waals surface area contributed by atoms with E-state index in [-0.39, 0.29) is 17.4 Å². The summed E-state index contributed by atoms with van der Waals surface area (Å²) in [6.07, 6.45) is 1.65. The minimum Gasteiger partial charge on any atom is -0.488 e. The predicted octanol–water partition coefficient (Wildman–Crippen LogP) is 1.71. The molecule has 0 fully saturated rings. The molecule has 1 unspecified atom stereocenters. The molecule has 6 heteroatoms. The largest absolute Gasteiger partial charge is 0.488 e. The fourth-order valence-corrected chi connectivity index (χ4v) is 2.23. The summed E-state index contributed by atoms with van der Waals surface area (Å²) in [5, 5.41) is 11.4. The van der Waals surface area contributed by atoms with Crippen LogP contribution in [0.1, 0.15) is 26.5 Å². The lowest BCUT2D eigenvalue weighted by Crippen LogP contribution is -2.34. The number of carbonyl (C=O) groups excluding carboxylic acids is 1. The van der Waals surface area contributed by atoms with E-state index in [0.717, 1.165) is 24.0 Å². The van der Waals surface area contributed by atoms with E-state index in [0.29, 0.717) is 6.54 Å². The average Bonchev–Trinajstić information content (AvgIpc) is 3.11. The van der Waals surface area contributed by atoms with Crippen LogP contribution < -0.4 is 10.1 Å². The molecule has 6 nitrogen and oxygen atoms in total. The van der Waals surface area contributed by atoms with Gasteiger partial charge in [-0.2, -0.15) is 0 Å². The first-order chi connectivity index (χ1) is 10.1. The Hall–Kier alpha value is -2.76. The lowest BCUT2D eigenvalue weighted by molar-refractivity contribution is 0.0696. The van der Waals surface area contributed by atoms with E-state index < -0.39 is 11.9 Å². The standard InChI is InChI=1S/C15H13NO5/c17-14(13-6-10(8-20-13)15(18)19)16-7-11-5-9-3-1-2-4-12(9)21-11/h1-4,6,8,11H,5,7H2,(H,16,17)(H,18,19). The number of fused-ring (bicyclic) bond motifs is 1. The molecule has 1 aliphatic rings. The van der Waals surface area contributed by atoms with Crippen LogP contribution in [0, 0.1) is 0 Å². The van der Waals surface area contributed by atoms with Crippen molar-refractivity contribution in [2.24, 2.45) is 0 Å². The first-order valence-electron chi connectivity index (χ1n) is 6.48. The number of furan rings is 1. The van der Waals surface area contributed by atoms with Crippen molar-refractivity contribution in [3.8, 4) is 5.75 Å². The Morgan fingerprint density at radius 2 is 2.14 bits per heavy atom. The third-order valence-electron chi connectivity index (χ3n) is 3.27. The van der Waals surface area contributed by atoms with E-state index in [2.05, 4.69) is 5.32 Å². The molecule has 1 atom stereocenters. The first-order valence-corrected chi connectivity index (χ1v) is 6.48. The number of amides is 1. The maximum atomic E-state index is 11.9. The molecule has 108 valence electrons. The Bertz CT molecular complexity index is 666. The SMILES string of the molecule is O=C(O)c1coc(C(=O)NCC2Cc3ccccc3O2)c1. The van der Waals surface area contributed by atoms with E-state index in [4.69, 9.17) is 14.3 Å². The van der Waals surface area contributed by atoms with Crippen LogP contribution in [0.3, 0.4) is 0 Å². The summed E-state index contributed by atoms with van der Waals surface area (Å²) in [4.78, 5) is 22.6. The molecule has 1 amide bonds. The minimum absolute atomic E-state index is 0.0251. The van der Waals surface area contributed by atoms with Crippen molar-refractivity contribution >= 4 is 11.9 Å². The van der Waals surface area contributed by atoms with Gasteiger partial charge < -0.3 is 19.6 Å². The summed E-state index contributed by atoms with van der Waals surface area (Å²) in [6.45, 7) is 0.330. The van der Waals surface area contributed by atoms with Crippen molar-refractivity contribution in [3.63, 3.8) is 0 Å². The van der Waals surface area contributed by atoms with Gasteiger partial charge in [0.1, 0.15) is 18.1 Å². The zero-order chi connectivity index (χ0) is 14.8. The highest BCUT2D eigenvalue weighted by Gasteiger charge is 2.23. The lowest BCUT2D eigenvalue weighted by Gasteiger charge is -2.10. The predicted molar refractivity (Wildman–Crippen MR) is 72.6 cm³/mol. The molecule has 1 aromatic carbocycles. The lowest BCUT2D eigenvalue weighted by atomic mass is 10.1. The summed E-state index contributed by atoms with van der Waals surface area (Å²) < 4.78 is 10.6. The normalized spacial score (nSPS) is 16.1. The van der Waals surface area contributed by atoms with E-state index in [9.17, 15) is 9.59 Å². The van der Waals surface area contributed by atoms with Crippen LogP contribution in [-0.4, -0.2) is 29.6 Å². The number of nitrogens with one attached hydrogen (secondary N) is 1. The number of para-hydroxylation sites is 1. The number of hydrogen-bond acceptors (Lipinski definition) is 4. The number of benzene rings is 1. The first kappa shape index (κ1) is 13.2. The van der Waals surface area contributed by atoms with Gasteiger partial charge >= 0.3 is 5.97 Å². The Labute approximate surface area is 120 Å². The number of hydrogen-bond donors (Lipinski definition) is 2. The van der Waals surface area contributed by atoms with Gasteiger partial charge in [-0.25, -0.2) is 4.79 Å². The Morgan fingerprint density at radius 3 is 2.86 bits per heavy atom.